The van der Waals surface area contributed by atoms with Gasteiger partial charge >= 0.3 is 117 Å². The second kappa shape index (κ2) is 4.96. The van der Waals surface area contributed by atoms with Gasteiger partial charge in [-0.25, -0.2) is 0 Å². The topological polar surface area (TPSA) is 40.5 Å². The molecule has 0 spiro atoms. The van der Waals surface area contributed by atoms with E-state index < -0.39 is 0 Å². The molecule has 0 aliphatic heterocycles. The number of phenolic OH excluding ortho intramolecular Hbond substituents is 2. The first-order valence-electron chi connectivity index (χ1n) is 5.91. The van der Waals surface area contributed by atoms with Gasteiger partial charge in [-0.05, 0) is 0 Å². The van der Waals surface area contributed by atoms with E-state index in [1.54, 1.807) is 24.3 Å². The second-order valence-corrected chi connectivity index (χ2v) is 6.53. The zero-order valence-corrected chi connectivity index (χ0v) is 11.8. The summed E-state index contributed by atoms with van der Waals surface area (Å²) in [6.07, 6.45) is 0. The number of benzene rings is 2. The van der Waals surface area contributed by atoms with Crippen molar-refractivity contribution >= 4 is 14.5 Å². The Morgan fingerprint density at radius 3 is 1.26 bits per heavy atom. The van der Waals surface area contributed by atoms with E-state index in [-0.39, 0.29) is 14.5 Å². The fourth-order valence-corrected chi connectivity index (χ4v) is 4.03. The van der Waals surface area contributed by atoms with Gasteiger partial charge in [0.15, 0.2) is 0 Å². The Bertz CT molecular complexity index is 622. The van der Waals surface area contributed by atoms with Gasteiger partial charge < -0.3 is 0 Å². The number of rotatable bonds is 2. The zero-order valence-electron chi connectivity index (χ0n) is 10.1. The number of phenols is 2. The Balaban J connectivity index is 1.95. The van der Waals surface area contributed by atoms with Crippen LogP contribution in [0.4, 0.5) is 0 Å². The predicted octanol–water partition coefficient (Wildman–Crippen LogP) is 3.49. The average Bonchev–Trinajstić information content (AvgIpc) is 2.90. The van der Waals surface area contributed by atoms with Crippen LogP contribution in [0.3, 0.4) is 0 Å². The molecule has 0 aliphatic carbocycles. The molecule has 0 unspecified atom stereocenters. The molecular weight excluding hydrogens is 303 g/mol. The van der Waals surface area contributed by atoms with Crippen LogP contribution in [0.2, 0.25) is 0 Å². The summed E-state index contributed by atoms with van der Waals surface area (Å²) in [5.41, 5.74) is 2.31. The van der Waals surface area contributed by atoms with Crippen LogP contribution in [-0.2, 0) is 0 Å². The average molecular weight is 315 g/mol. The second-order valence-electron chi connectivity index (χ2n) is 4.26. The normalized spacial score (nSPS) is 10.5. The molecule has 0 atom stereocenters. The molecule has 3 rings (SSSR count). The van der Waals surface area contributed by atoms with Crippen molar-refractivity contribution in [3.05, 3.63) is 60.7 Å². The number of aromatic hydroxyl groups is 2. The van der Waals surface area contributed by atoms with Crippen LogP contribution in [-0.4, -0.2) is 24.7 Å². The summed E-state index contributed by atoms with van der Waals surface area (Å²) >= 11 is 0.258. The Hall–Kier alpha value is -1.96. The Labute approximate surface area is 117 Å². The van der Waals surface area contributed by atoms with E-state index in [1.807, 2.05) is 24.3 Å². The van der Waals surface area contributed by atoms with Crippen molar-refractivity contribution in [2.75, 3.05) is 0 Å². The van der Waals surface area contributed by atoms with Crippen LogP contribution in [0.25, 0.3) is 20.0 Å². The van der Waals surface area contributed by atoms with Crippen molar-refractivity contribution in [2.24, 2.45) is 0 Å². The summed E-state index contributed by atoms with van der Waals surface area (Å²) in [4.78, 5) is 0. The molecule has 0 saturated carbocycles. The van der Waals surface area contributed by atoms with Crippen LogP contribution in [0.15, 0.2) is 60.7 Å². The van der Waals surface area contributed by atoms with Gasteiger partial charge in [-0.15, -0.1) is 0 Å². The fraction of sp³-hybridized carbons (Fsp3) is 0. The van der Waals surface area contributed by atoms with E-state index in [9.17, 15) is 10.2 Å². The number of hydrogen-bond acceptors (Lipinski definition) is 2. The first kappa shape index (κ1) is 12.1. The predicted molar refractivity (Wildman–Crippen MR) is 77.6 cm³/mol. The van der Waals surface area contributed by atoms with Crippen LogP contribution < -0.4 is 0 Å². The van der Waals surface area contributed by atoms with E-state index >= 15 is 0 Å². The molecule has 1 aromatic heterocycles. The summed E-state index contributed by atoms with van der Waals surface area (Å²) in [5.74, 6) is 0.586. The van der Waals surface area contributed by atoms with Crippen LogP contribution in [0.5, 0.6) is 11.5 Å². The van der Waals surface area contributed by atoms with Gasteiger partial charge in [0.25, 0.3) is 0 Å². The van der Waals surface area contributed by atoms with Crippen LogP contribution >= 0.6 is 0 Å². The van der Waals surface area contributed by atoms with Gasteiger partial charge in [0.05, 0.1) is 0 Å². The van der Waals surface area contributed by atoms with E-state index in [0.717, 1.165) is 11.1 Å². The first-order valence-corrected chi connectivity index (χ1v) is 7.62. The summed E-state index contributed by atoms with van der Waals surface area (Å²) < 4.78 is 2.60. The van der Waals surface area contributed by atoms with Crippen LogP contribution in [0, 0.1) is 0 Å². The zero-order chi connectivity index (χ0) is 13.2. The molecule has 0 bridgehead atoms. The summed E-state index contributed by atoms with van der Waals surface area (Å²) in [5, 5.41) is 18.6. The van der Waals surface area contributed by atoms with Gasteiger partial charge in [0.2, 0.25) is 0 Å². The standard InChI is InChI=1S/C16H12O2Se/c17-13-5-1-11(2-6-13)15-9-10-16(19-15)12-3-7-14(18)8-4-12/h1-10,17-18H. The van der Waals surface area contributed by atoms with Crippen molar-refractivity contribution in [1.82, 2.24) is 0 Å². The number of hydrogen-bond donors (Lipinski definition) is 2. The van der Waals surface area contributed by atoms with Crippen molar-refractivity contribution in [3.63, 3.8) is 0 Å². The van der Waals surface area contributed by atoms with Crippen molar-refractivity contribution < 1.29 is 10.2 Å². The minimum atomic E-state index is 0.258. The monoisotopic (exact) mass is 316 g/mol. The van der Waals surface area contributed by atoms with E-state index in [1.165, 1.54) is 8.87 Å². The van der Waals surface area contributed by atoms with Crippen molar-refractivity contribution in [1.29, 1.82) is 0 Å². The SMILES string of the molecule is Oc1ccc(-c2ccc(-c3ccc(O)cc3)[se]2)cc1. The molecule has 2 N–H and O–H groups in total. The molecule has 1 heterocycles. The minimum absolute atomic E-state index is 0.258. The van der Waals surface area contributed by atoms with Crippen LogP contribution in [0.1, 0.15) is 0 Å². The van der Waals surface area contributed by atoms with E-state index in [2.05, 4.69) is 12.1 Å². The molecule has 0 fully saturated rings. The fourth-order valence-electron chi connectivity index (χ4n) is 1.90. The van der Waals surface area contributed by atoms with Crippen molar-refractivity contribution in [2.45, 2.75) is 0 Å². The molecule has 2 aromatic carbocycles. The summed E-state index contributed by atoms with van der Waals surface area (Å²) in [6, 6.07) is 18.9. The maximum absolute atomic E-state index is 9.30. The Morgan fingerprint density at radius 2 is 0.895 bits per heavy atom. The molecule has 3 aromatic rings. The molecule has 19 heavy (non-hydrogen) atoms. The van der Waals surface area contributed by atoms with Gasteiger partial charge in [-0.3, -0.25) is 0 Å². The maximum atomic E-state index is 9.30. The molecule has 0 saturated heterocycles. The quantitative estimate of drug-likeness (QED) is 0.711. The summed E-state index contributed by atoms with van der Waals surface area (Å²) in [6.45, 7) is 0. The third kappa shape index (κ3) is 2.57. The molecule has 94 valence electrons. The van der Waals surface area contributed by atoms with Gasteiger partial charge in [-0.1, -0.05) is 0 Å². The Morgan fingerprint density at radius 1 is 0.526 bits per heavy atom. The van der Waals surface area contributed by atoms with Crippen molar-refractivity contribution in [3.8, 4) is 31.5 Å². The Kier molecular flexibility index (Phi) is 3.16. The van der Waals surface area contributed by atoms with Gasteiger partial charge in [0, 0.05) is 0 Å². The molecule has 0 aliphatic rings. The molecule has 0 amide bonds. The molecule has 0 radical (unpaired) electrons. The third-order valence-electron chi connectivity index (χ3n) is 2.91. The van der Waals surface area contributed by atoms with Gasteiger partial charge in [0.1, 0.15) is 0 Å². The van der Waals surface area contributed by atoms with E-state index in [4.69, 9.17) is 0 Å². The molecular formula is C16H12O2Se. The molecule has 2 nitrogen and oxygen atoms in total. The molecule has 3 heteroatoms. The van der Waals surface area contributed by atoms with Gasteiger partial charge in [-0.2, -0.15) is 0 Å². The van der Waals surface area contributed by atoms with E-state index in [0.29, 0.717) is 11.5 Å². The first-order chi connectivity index (χ1) is 9.22. The third-order valence-corrected chi connectivity index (χ3v) is 5.39. The summed E-state index contributed by atoms with van der Waals surface area (Å²) in [7, 11) is 0.